The van der Waals surface area contributed by atoms with Gasteiger partial charge in [0.1, 0.15) is 17.7 Å². The van der Waals surface area contributed by atoms with Crippen LogP contribution in [-0.2, 0) is 14.3 Å². The SMILES string of the molecule is CSCC[C@@H](N)C(=O)OC12CC3CC(C1)CC([C@H](N)C(=O)N1[C@H](C#N)C[C@@H]4C[C@@H]41)(C3)C2. The minimum atomic E-state index is -0.628. The smallest absolute Gasteiger partial charge is 0.323 e. The topological polar surface area (TPSA) is 122 Å². The molecule has 0 aromatic heterocycles. The van der Waals surface area contributed by atoms with Crippen molar-refractivity contribution in [1.29, 1.82) is 5.26 Å². The van der Waals surface area contributed by atoms with Gasteiger partial charge in [-0.1, -0.05) is 0 Å². The molecular weight excluding hydrogens is 412 g/mol. The molecular formula is C23H34N4O3S. The van der Waals surface area contributed by atoms with Crippen LogP contribution < -0.4 is 11.5 Å². The summed E-state index contributed by atoms with van der Waals surface area (Å²) in [5, 5.41) is 9.54. The number of nitrogens with two attached hydrogens (primary N) is 2. The van der Waals surface area contributed by atoms with Gasteiger partial charge in [0.05, 0.1) is 12.1 Å². The standard InChI is InChI=1S/C23H34N4O3S/c1-31-3-2-17(25)21(29)30-23-9-13-4-14(10-23)8-22(7-13,12-23)19(26)20(28)27-16(11-24)5-15-6-18(15)27/h13-19H,2-10,12,25-26H2,1H3/t13?,14?,15-,16+,17-,18+,19-,22?,23?/m1/s1. The summed E-state index contributed by atoms with van der Waals surface area (Å²) in [4.78, 5) is 28.1. The number of likely N-dealkylation sites (tertiary alicyclic amines) is 1. The highest BCUT2D eigenvalue weighted by Crippen LogP contribution is 2.64. The first-order chi connectivity index (χ1) is 14.8. The van der Waals surface area contributed by atoms with E-state index >= 15 is 0 Å². The second kappa shape index (κ2) is 7.64. The Labute approximate surface area is 188 Å². The Bertz CT molecular complexity index is 799. The van der Waals surface area contributed by atoms with E-state index in [1.807, 2.05) is 6.26 Å². The number of carbonyl (C=O) groups is 2. The Morgan fingerprint density at radius 3 is 2.55 bits per heavy atom. The number of nitrogens with zero attached hydrogens (tertiary/aromatic N) is 2. The van der Waals surface area contributed by atoms with Gasteiger partial charge in [0.15, 0.2) is 0 Å². The van der Waals surface area contributed by atoms with Crippen LogP contribution in [0.25, 0.3) is 0 Å². The van der Waals surface area contributed by atoms with E-state index in [1.54, 1.807) is 16.7 Å². The minimum Gasteiger partial charge on any atom is -0.458 e. The molecule has 31 heavy (non-hydrogen) atoms. The van der Waals surface area contributed by atoms with Gasteiger partial charge in [0, 0.05) is 6.04 Å². The number of rotatable bonds is 7. The van der Waals surface area contributed by atoms with Crippen LogP contribution in [0.3, 0.4) is 0 Å². The zero-order chi connectivity index (χ0) is 22.0. The number of hydrogen-bond acceptors (Lipinski definition) is 7. The first-order valence-corrected chi connectivity index (χ1v) is 13.1. The third-order valence-corrected chi connectivity index (χ3v) is 9.38. The number of carbonyl (C=O) groups excluding carboxylic acids is 2. The number of amides is 1. The molecule has 1 amide bonds. The second-order valence-corrected chi connectivity index (χ2v) is 12.0. The van der Waals surface area contributed by atoms with Gasteiger partial charge in [-0.2, -0.15) is 17.0 Å². The van der Waals surface area contributed by atoms with Crippen LogP contribution in [0.5, 0.6) is 0 Å². The van der Waals surface area contributed by atoms with Crippen molar-refractivity contribution in [3.05, 3.63) is 0 Å². The summed E-state index contributed by atoms with van der Waals surface area (Å²) >= 11 is 1.67. The molecule has 7 nitrogen and oxygen atoms in total. The van der Waals surface area contributed by atoms with Gasteiger partial charge in [-0.25, -0.2) is 0 Å². The van der Waals surface area contributed by atoms with Crippen LogP contribution in [0.1, 0.15) is 57.8 Å². The normalized spacial score (nSPS) is 43.8. The van der Waals surface area contributed by atoms with Crippen molar-refractivity contribution in [2.75, 3.05) is 12.0 Å². The van der Waals surface area contributed by atoms with Crippen LogP contribution in [0, 0.1) is 34.5 Å². The Morgan fingerprint density at radius 2 is 1.90 bits per heavy atom. The van der Waals surface area contributed by atoms with E-state index < -0.39 is 17.7 Å². The maximum absolute atomic E-state index is 13.5. The van der Waals surface area contributed by atoms with E-state index in [1.165, 1.54) is 0 Å². The molecule has 0 aromatic carbocycles. The van der Waals surface area contributed by atoms with Crippen LogP contribution in [0.15, 0.2) is 0 Å². The Morgan fingerprint density at radius 1 is 1.19 bits per heavy atom. The Balaban J connectivity index is 1.34. The van der Waals surface area contributed by atoms with Gasteiger partial charge >= 0.3 is 5.97 Å². The third-order valence-electron chi connectivity index (χ3n) is 8.74. The van der Waals surface area contributed by atoms with E-state index in [0.717, 1.165) is 50.7 Å². The van der Waals surface area contributed by atoms with Gasteiger partial charge in [0.25, 0.3) is 0 Å². The van der Waals surface area contributed by atoms with Crippen molar-refractivity contribution in [1.82, 2.24) is 4.90 Å². The molecule has 2 unspecified atom stereocenters. The lowest BCUT2D eigenvalue weighted by atomic mass is 9.46. The van der Waals surface area contributed by atoms with Crippen LogP contribution >= 0.6 is 11.8 Å². The number of thioether (sulfide) groups is 1. The van der Waals surface area contributed by atoms with Gasteiger partial charge in [-0.05, 0) is 93.0 Å². The van der Waals surface area contributed by atoms with E-state index in [2.05, 4.69) is 6.07 Å². The predicted molar refractivity (Wildman–Crippen MR) is 118 cm³/mol. The summed E-state index contributed by atoms with van der Waals surface area (Å²) in [6.07, 6.45) is 9.76. The van der Waals surface area contributed by atoms with Crippen molar-refractivity contribution in [2.45, 2.75) is 87.6 Å². The molecule has 1 heterocycles. The van der Waals surface area contributed by atoms with Crippen molar-refractivity contribution >= 4 is 23.6 Å². The lowest BCUT2D eigenvalue weighted by molar-refractivity contribution is -0.207. The molecule has 6 fully saturated rings. The van der Waals surface area contributed by atoms with Gasteiger partial charge in [-0.3, -0.25) is 9.59 Å². The molecule has 1 saturated heterocycles. The summed E-state index contributed by atoms with van der Waals surface area (Å²) in [5.41, 5.74) is 12.0. The molecule has 4 bridgehead atoms. The lowest BCUT2D eigenvalue weighted by Gasteiger charge is -2.62. The molecule has 6 rings (SSSR count). The molecule has 0 spiro atoms. The maximum Gasteiger partial charge on any atom is 0.323 e. The molecule has 0 aromatic rings. The summed E-state index contributed by atoms with van der Waals surface area (Å²) in [7, 11) is 0. The molecule has 5 aliphatic carbocycles. The summed E-state index contributed by atoms with van der Waals surface area (Å²) < 4.78 is 6.16. The fourth-order valence-electron chi connectivity index (χ4n) is 7.69. The number of ether oxygens (including phenoxy) is 1. The average molecular weight is 447 g/mol. The molecule has 7 atom stereocenters. The number of hydrogen-bond donors (Lipinski definition) is 2. The average Bonchev–Trinajstić information content (AvgIpc) is 3.39. The monoisotopic (exact) mass is 446 g/mol. The van der Waals surface area contributed by atoms with E-state index in [9.17, 15) is 14.9 Å². The van der Waals surface area contributed by atoms with Crippen LogP contribution in [0.2, 0.25) is 0 Å². The quantitative estimate of drug-likeness (QED) is 0.572. The maximum atomic E-state index is 13.5. The summed E-state index contributed by atoms with van der Waals surface area (Å²) in [6.45, 7) is 0. The number of nitriles is 1. The molecule has 0 radical (unpaired) electrons. The third kappa shape index (κ3) is 3.57. The molecule has 8 heteroatoms. The number of piperidine rings is 1. The predicted octanol–water partition coefficient (Wildman–Crippen LogP) is 1.79. The fraction of sp³-hybridized carbons (Fsp3) is 0.870. The molecule has 170 valence electrons. The highest BCUT2D eigenvalue weighted by molar-refractivity contribution is 7.98. The lowest BCUT2D eigenvalue weighted by Crippen LogP contribution is -2.66. The minimum absolute atomic E-state index is 0.0587. The summed E-state index contributed by atoms with van der Waals surface area (Å²) in [6, 6.07) is 0.957. The Hall–Kier alpha value is -1.30. The van der Waals surface area contributed by atoms with Crippen molar-refractivity contribution in [2.24, 2.45) is 34.6 Å². The molecule has 1 aliphatic heterocycles. The van der Waals surface area contributed by atoms with Gasteiger partial charge in [0.2, 0.25) is 5.91 Å². The largest absolute Gasteiger partial charge is 0.458 e. The van der Waals surface area contributed by atoms with Crippen molar-refractivity contribution in [3.63, 3.8) is 0 Å². The van der Waals surface area contributed by atoms with Gasteiger partial charge < -0.3 is 21.1 Å². The van der Waals surface area contributed by atoms with Crippen LogP contribution in [-0.4, -0.2) is 58.6 Å². The highest BCUT2D eigenvalue weighted by Gasteiger charge is 2.64. The molecule has 4 N–H and O–H groups in total. The van der Waals surface area contributed by atoms with Crippen molar-refractivity contribution in [3.8, 4) is 6.07 Å². The van der Waals surface area contributed by atoms with E-state index in [0.29, 0.717) is 30.6 Å². The number of esters is 1. The molecule has 6 aliphatic rings. The zero-order valence-electron chi connectivity index (χ0n) is 18.3. The van der Waals surface area contributed by atoms with Gasteiger partial charge in [-0.15, -0.1) is 0 Å². The fourth-order valence-corrected chi connectivity index (χ4v) is 8.18. The first-order valence-electron chi connectivity index (χ1n) is 11.7. The zero-order valence-corrected chi connectivity index (χ0v) is 19.1. The summed E-state index contributed by atoms with van der Waals surface area (Å²) in [5.74, 6) is 1.82. The highest BCUT2D eigenvalue weighted by atomic mass is 32.2. The second-order valence-electron chi connectivity index (χ2n) is 11.0. The van der Waals surface area contributed by atoms with Crippen LogP contribution in [0.4, 0.5) is 0 Å². The molecule has 5 saturated carbocycles. The first kappa shape index (κ1) is 21.5. The van der Waals surface area contributed by atoms with E-state index in [-0.39, 0.29) is 29.4 Å². The number of fused-ring (bicyclic) bond motifs is 1. The van der Waals surface area contributed by atoms with Crippen molar-refractivity contribution < 1.29 is 14.3 Å². The van der Waals surface area contributed by atoms with E-state index in [4.69, 9.17) is 16.2 Å². The Kier molecular flexibility index (Phi) is 5.31.